The lowest BCUT2D eigenvalue weighted by molar-refractivity contribution is 0.0661. The summed E-state index contributed by atoms with van der Waals surface area (Å²) in [6, 6.07) is 2.28. The van der Waals surface area contributed by atoms with E-state index in [-0.39, 0.29) is 24.4 Å². The SMILES string of the molecule is CC(C)c1nn(C)c2sc(C(=O)N3CCNC[C@H]3C)cc12.Cl. The fourth-order valence-corrected chi connectivity index (χ4v) is 3.92. The maximum Gasteiger partial charge on any atom is 0.264 e. The quantitative estimate of drug-likeness (QED) is 0.912. The Bertz CT molecular complexity index is 678. The number of hydrogen-bond donors (Lipinski definition) is 1. The first-order chi connectivity index (χ1) is 9.99. The molecular formula is C15H23ClN4OS. The lowest BCUT2D eigenvalue weighted by Gasteiger charge is -2.33. The summed E-state index contributed by atoms with van der Waals surface area (Å²) >= 11 is 1.55. The Morgan fingerprint density at radius 1 is 1.50 bits per heavy atom. The number of aryl methyl sites for hydroxylation is 1. The lowest BCUT2D eigenvalue weighted by Crippen LogP contribution is -2.52. The zero-order chi connectivity index (χ0) is 15.1. The Morgan fingerprint density at radius 2 is 2.23 bits per heavy atom. The predicted octanol–water partition coefficient (Wildman–Crippen LogP) is 2.61. The molecule has 0 bridgehead atoms. The van der Waals surface area contributed by atoms with E-state index in [1.807, 2.05) is 22.7 Å². The molecule has 2 aromatic heterocycles. The standard InChI is InChI=1S/C15H22N4OS.ClH/c1-9(2)13-11-7-12(21-15(11)18(4)17-13)14(20)19-6-5-16-8-10(19)3;/h7,9-10,16H,5-6,8H2,1-4H3;1H/t10-;/m1./s1. The molecule has 1 fully saturated rings. The minimum absolute atomic E-state index is 0. The monoisotopic (exact) mass is 342 g/mol. The summed E-state index contributed by atoms with van der Waals surface area (Å²) in [5.41, 5.74) is 1.08. The molecule has 0 saturated carbocycles. The van der Waals surface area contributed by atoms with Crippen molar-refractivity contribution < 1.29 is 4.79 Å². The van der Waals surface area contributed by atoms with E-state index < -0.39 is 0 Å². The molecule has 1 aliphatic heterocycles. The molecule has 1 amide bonds. The van der Waals surface area contributed by atoms with E-state index >= 15 is 0 Å². The molecule has 0 aliphatic carbocycles. The van der Waals surface area contributed by atoms with Gasteiger partial charge < -0.3 is 10.2 Å². The van der Waals surface area contributed by atoms with Crippen LogP contribution in [0.4, 0.5) is 0 Å². The van der Waals surface area contributed by atoms with E-state index in [2.05, 4.69) is 31.2 Å². The van der Waals surface area contributed by atoms with Gasteiger partial charge in [-0.1, -0.05) is 13.8 Å². The lowest BCUT2D eigenvalue weighted by atomic mass is 10.1. The van der Waals surface area contributed by atoms with E-state index in [0.717, 1.165) is 40.4 Å². The third-order valence-electron chi connectivity index (χ3n) is 4.06. The molecule has 1 saturated heterocycles. The van der Waals surface area contributed by atoms with Gasteiger partial charge in [0.15, 0.2) is 0 Å². The van der Waals surface area contributed by atoms with Crippen LogP contribution in [0.3, 0.4) is 0 Å². The molecular weight excluding hydrogens is 320 g/mol. The van der Waals surface area contributed by atoms with E-state index in [9.17, 15) is 4.79 Å². The predicted molar refractivity (Wildman–Crippen MR) is 93.3 cm³/mol. The number of piperazine rings is 1. The number of aromatic nitrogens is 2. The van der Waals surface area contributed by atoms with Crippen molar-refractivity contribution in [3.63, 3.8) is 0 Å². The number of thiophene rings is 1. The average molecular weight is 343 g/mol. The van der Waals surface area contributed by atoms with Crippen molar-refractivity contribution in [2.24, 2.45) is 7.05 Å². The molecule has 2 aromatic rings. The topological polar surface area (TPSA) is 50.2 Å². The van der Waals surface area contributed by atoms with Crippen molar-refractivity contribution in [3.05, 3.63) is 16.6 Å². The summed E-state index contributed by atoms with van der Waals surface area (Å²) in [5, 5.41) is 9.02. The molecule has 3 heterocycles. The van der Waals surface area contributed by atoms with Crippen LogP contribution in [0, 0.1) is 0 Å². The molecule has 1 aliphatic rings. The fourth-order valence-electron chi connectivity index (χ4n) is 2.88. The first-order valence-corrected chi connectivity index (χ1v) is 8.28. The van der Waals surface area contributed by atoms with Crippen LogP contribution in [0.1, 0.15) is 42.1 Å². The number of fused-ring (bicyclic) bond motifs is 1. The number of carbonyl (C=O) groups excluding carboxylic acids is 1. The molecule has 0 aromatic carbocycles. The molecule has 122 valence electrons. The number of hydrogen-bond acceptors (Lipinski definition) is 4. The first-order valence-electron chi connectivity index (χ1n) is 7.47. The van der Waals surface area contributed by atoms with Crippen LogP contribution < -0.4 is 5.32 Å². The van der Waals surface area contributed by atoms with Crippen LogP contribution in [-0.4, -0.2) is 46.3 Å². The zero-order valence-electron chi connectivity index (χ0n) is 13.4. The van der Waals surface area contributed by atoms with Crippen LogP contribution in [0.15, 0.2) is 6.07 Å². The highest BCUT2D eigenvalue weighted by molar-refractivity contribution is 7.20. The summed E-state index contributed by atoms with van der Waals surface area (Å²) in [7, 11) is 1.95. The first kappa shape index (κ1) is 17.2. The summed E-state index contributed by atoms with van der Waals surface area (Å²) in [6.07, 6.45) is 0. The van der Waals surface area contributed by atoms with E-state index in [0.29, 0.717) is 5.92 Å². The second-order valence-electron chi connectivity index (χ2n) is 6.04. The highest BCUT2D eigenvalue weighted by atomic mass is 35.5. The van der Waals surface area contributed by atoms with Gasteiger partial charge in [0.1, 0.15) is 4.83 Å². The van der Waals surface area contributed by atoms with Gasteiger partial charge in [0.05, 0.1) is 10.6 Å². The van der Waals surface area contributed by atoms with Gasteiger partial charge >= 0.3 is 0 Å². The molecule has 22 heavy (non-hydrogen) atoms. The van der Waals surface area contributed by atoms with Crippen molar-refractivity contribution in [3.8, 4) is 0 Å². The summed E-state index contributed by atoms with van der Waals surface area (Å²) < 4.78 is 1.90. The highest BCUT2D eigenvalue weighted by Crippen LogP contribution is 2.32. The molecule has 0 unspecified atom stereocenters. The van der Waals surface area contributed by atoms with Crippen LogP contribution in [-0.2, 0) is 7.05 Å². The minimum Gasteiger partial charge on any atom is -0.333 e. The average Bonchev–Trinajstić information content (AvgIpc) is 2.99. The third kappa shape index (κ3) is 2.87. The van der Waals surface area contributed by atoms with Gasteiger partial charge in [0, 0.05) is 38.1 Å². The number of amides is 1. The minimum atomic E-state index is 0. The van der Waals surface area contributed by atoms with Crippen molar-refractivity contribution in [1.29, 1.82) is 0 Å². The highest BCUT2D eigenvalue weighted by Gasteiger charge is 2.26. The normalized spacial score (nSPS) is 18.8. The number of halogens is 1. The van der Waals surface area contributed by atoms with Gasteiger partial charge in [-0.2, -0.15) is 5.10 Å². The molecule has 5 nitrogen and oxygen atoms in total. The van der Waals surface area contributed by atoms with Gasteiger partial charge in [-0.3, -0.25) is 9.48 Å². The van der Waals surface area contributed by atoms with Gasteiger partial charge in [-0.15, -0.1) is 23.7 Å². The maximum atomic E-state index is 12.7. The molecule has 0 spiro atoms. The van der Waals surface area contributed by atoms with Crippen molar-refractivity contribution in [2.75, 3.05) is 19.6 Å². The number of nitrogens with zero attached hydrogens (tertiary/aromatic N) is 3. The van der Waals surface area contributed by atoms with Gasteiger partial charge in [-0.25, -0.2) is 0 Å². The summed E-state index contributed by atoms with van der Waals surface area (Å²) in [4.78, 5) is 16.6. The molecule has 1 atom stereocenters. The summed E-state index contributed by atoms with van der Waals surface area (Å²) in [6.45, 7) is 8.90. The van der Waals surface area contributed by atoms with Crippen LogP contribution in [0.25, 0.3) is 10.2 Å². The van der Waals surface area contributed by atoms with Crippen LogP contribution >= 0.6 is 23.7 Å². The number of nitrogens with one attached hydrogen (secondary N) is 1. The van der Waals surface area contributed by atoms with Gasteiger partial charge in [0.2, 0.25) is 0 Å². The molecule has 3 rings (SSSR count). The number of carbonyl (C=O) groups is 1. The van der Waals surface area contributed by atoms with Gasteiger partial charge in [0.25, 0.3) is 5.91 Å². The smallest absolute Gasteiger partial charge is 0.264 e. The van der Waals surface area contributed by atoms with E-state index in [4.69, 9.17) is 0 Å². The second-order valence-corrected chi connectivity index (χ2v) is 7.08. The number of rotatable bonds is 2. The molecule has 7 heteroatoms. The van der Waals surface area contributed by atoms with Crippen molar-refractivity contribution in [1.82, 2.24) is 20.0 Å². The maximum absolute atomic E-state index is 12.7. The van der Waals surface area contributed by atoms with E-state index in [1.54, 1.807) is 11.3 Å². The Hall–Kier alpha value is -1.11. The Balaban J connectivity index is 0.00000176. The van der Waals surface area contributed by atoms with Crippen LogP contribution in [0.5, 0.6) is 0 Å². The molecule has 1 N–H and O–H groups in total. The van der Waals surface area contributed by atoms with Crippen LogP contribution in [0.2, 0.25) is 0 Å². The third-order valence-corrected chi connectivity index (χ3v) is 5.25. The van der Waals surface area contributed by atoms with E-state index in [1.165, 1.54) is 0 Å². The van der Waals surface area contributed by atoms with Crippen molar-refractivity contribution in [2.45, 2.75) is 32.7 Å². The second kappa shape index (κ2) is 6.56. The summed E-state index contributed by atoms with van der Waals surface area (Å²) in [5.74, 6) is 0.518. The van der Waals surface area contributed by atoms with Gasteiger partial charge in [-0.05, 0) is 18.9 Å². The fraction of sp³-hybridized carbons (Fsp3) is 0.600. The Kier molecular flexibility index (Phi) is 5.14. The largest absolute Gasteiger partial charge is 0.333 e. The Labute approximate surface area is 141 Å². The molecule has 0 radical (unpaired) electrons. The Morgan fingerprint density at radius 3 is 2.86 bits per heavy atom. The zero-order valence-corrected chi connectivity index (χ0v) is 15.1. The van der Waals surface area contributed by atoms with Crippen molar-refractivity contribution >= 4 is 39.9 Å².